The van der Waals surface area contributed by atoms with Crippen molar-refractivity contribution < 1.29 is 15.1 Å². The van der Waals surface area contributed by atoms with Crippen LogP contribution in [-0.4, -0.2) is 21.3 Å². The second-order valence-electron chi connectivity index (χ2n) is 2.62. The van der Waals surface area contributed by atoms with Gasteiger partial charge in [0.25, 0.3) is 0 Å². The summed E-state index contributed by atoms with van der Waals surface area (Å²) in [5, 5.41) is 19.9. The van der Waals surface area contributed by atoms with E-state index in [-0.39, 0.29) is 23.1 Å². The number of allylic oxidation sites excluding steroid dienone is 3. The van der Waals surface area contributed by atoms with E-state index in [0.717, 1.165) is 6.08 Å². The molecule has 0 aromatic carbocycles. The molecule has 0 amide bonds. The lowest BCUT2D eigenvalue weighted by molar-refractivity contribution is -0.117. The highest BCUT2D eigenvalue weighted by atomic mass is 35.5. The number of carbonyl (C=O) groups is 1. The monoisotopic (exact) mass is 201 g/mol. The van der Waals surface area contributed by atoms with Gasteiger partial charge in [0.1, 0.15) is 10.9 Å². The van der Waals surface area contributed by atoms with Crippen LogP contribution >= 0.6 is 11.6 Å². The summed E-state index contributed by atoms with van der Waals surface area (Å²) in [6.07, 6.45) is 4.20. The fraction of sp³-hybridized carbons (Fsp3) is 0.250. The molecule has 0 saturated carbocycles. The summed E-state index contributed by atoms with van der Waals surface area (Å²) in [7, 11) is 0. The van der Waals surface area contributed by atoms with E-state index in [0.29, 0.717) is 0 Å². The van der Waals surface area contributed by atoms with Crippen LogP contribution in [-0.2, 0) is 4.79 Å². The van der Waals surface area contributed by atoms with Gasteiger partial charge in [-0.1, -0.05) is 22.8 Å². The molecular weight excluding hydrogens is 194 g/mol. The number of rotatable bonds is 2. The van der Waals surface area contributed by atoms with Crippen molar-refractivity contribution in [1.29, 1.82) is 0 Å². The van der Waals surface area contributed by atoms with Crippen LogP contribution in [0.5, 0.6) is 0 Å². The summed E-state index contributed by atoms with van der Waals surface area (Å²) in [4.78, 5) is 11.2. The highest BCUT2D eigenvalue weighted by molar-refractivity contribution is 6.65. The summed E-state index contributed by atoms with van der Waals surface area (Å²) < 4.78 is 0. The van der Waals surface area contributed by atoms with Crippen molar-refractivity contribution in [2.75, 3.05) is 0 Å². The van der Waals surface area contributed by atoms with Gasteiger partial charge in [-0.05, 0) is 6.08 Å². The molecule has 0 radical (unpaired) electrons. The number of aliphatic hydroxyl groups excluding tert-OH is 1. The first-order valence-electron chi connectivity index (χ1n) is 3.62. The van der Waals surface area contributed by atoms with Crippen LogP contribution in [0, 0.1) is 5.92 Å². The van der Waals surface area contributed by atoms with E-state index in [1.807, 2.05) is 0 Å². The highest BCUT2D eigenvalue weighted by Gasteiger charge is 2.19. The van der Waals surface area contributed by atoms with Gasteiger partial charge in [0.2, 0.25) is 0 Å². The molecule has 70 valence electrons. The Morgan fingerprint density at radius 2 is 2.38 bits per heavy atom. The van der Waals surface area contributed by atoms with E-state index < -0.39 is 5.92 Å². The molecule has 1 unspecified atom stereocenters. The summed E-state index contributed by atoms with van der Waals surface area (Å²) in [5.41, 5.74) is 0. The maximum atomic E-state index is 11.2. The van der Waals surface area contributed by atoms with E-state index in [1.54, 1.807) is 0 Å². The lowest BCUT2D eigenvalue weighted by Gasteiger charge is -2.10. The van der Waals surface area contributed by atoms with Crippen molar-refractivity contribution >= 4 is 22.6 Å². The number of ketones is 1. The van der Waals surface area contributed by atoms with E-state index >= 15 is 0 Å². The van der Waals surface area contributed by atoms with Gasteiger partial charge in [-0.3, -0.25) is 4.79 Å². The molecule has 13 heavy (non-hydrogen) atoms. The van der Waals surface area contributed by atoms with Gasteiger partial charge in [-0.25, -0.2) is 0 Å². The van der Waals surface area contributed by atoms with Gasteiger partial charge in [-0.2, -0.15) is 0 Å². The molecule has 0 heterocycles. The third kappa shape index (κ3) is 2.59. The van der Waals surface area contributed by atoms with Gasteiger partial charge in [-0.15, -0.1) is 0 Å². The Bertz CT molecular complexity index is 307. The molecule has 1 aliphatic rings. The molecule has 0 fully saturated rings. The molecule has 0 bridgehead atoms. The molecule has 4 nitrogen and oxygen atoms in total. The zero-order valence-corrected chi connectivity index (χ0v) is 7.40. The first kappa shape index (κ1) is 9.80. The minimum Gasteiger partial charge on any atom is -0.508 e. The predicted molar refractivity (Wildman–Crippen MR) is 48.0 cm³/mol. The van der Waals surface area contributed by atoms with E-state index in [4.69, 9.17) is 21.9 Å². The Morgan fingerprint density at radius 1 is 1.69 bits per heavy atom. The molecule has 1 rings (SSSR count). The predicted octanol–water partition coefficient (Wildman–Crippen LogP) is 1.60. The van der Waals surface area contributed by atoms with Crippen LogP contribution in [0.3, 0.4) is 0 Å². The largest absolute Gasteiger partial charge is 0.508 e. The molecule has 0 spiro atoms. The maximum Gasteiger partial charge on any atom is 0.166 e. The van der Waals surface area contributed by atoms with Crippen molar-refractivity contribution in [3.05, 3.63) is 24.0 Å². The Hall–Kier alpha value is -1.29. The molecule has 2 N–H and O–H groups in total. The van der Waals surface area contributed by atoms with E-state index in [9.17, 15) is 4.79 Å². The van der Waals surface area contributed by atoms with Crippen LogP contribution in [0.25, 0.3) is 0 Å². The minimum absolute atomic E-state index is 0.0298. The van der Waals surface area contributed by atoms with E-state index in [2.05, 4.69) is 5.16 Å². The Labute approximate surface area is 79.8 Å². The number of aliphatic hydroxyl groups is 1. The van der Waals surface area contributed by atoms with Crippen molar-refractivity contribution in [3.63, 3.8) is 0 Å². The fourth-order valence-corrected chi connectivity index (χ4v) is 1.17. The Balaban J connectivity index is 2.66. The molecule has 0 saturated heterocycles. The van der Waals surface area contributed by atoms with Crippen molar-refractivity contribution in [1.82, 2.24) is 0 Å². The average Bonchev–Trinajstić information content (AvgIpc) is 2.09. The first-order valence-corrected chi connectivity index (χ1v) is 4.00. The minimum atomic E-state index is -0.445. The lowest BCUT2D eigenvalue weighted by Crippen LogP contribution is -2.15. The molecule has 5 heteroatoms. The molecule has 0 aromatic rings. The number of nitrogens with zero attached hydrogens (tertiary/aromatic N) is 1. The first-order chi connectivity index (χ1) is 6.13. The number of halogens is 1. The molecular formula is C8H8ClNO3. The molecule has 1 aliphatic carbocycles. The zero-order valence-electron chi connectivity index (χ0n) is 6.64. The SMILES string of the molecule is O=C1C=C(O)C=CC1C/C(Cl)=N/O. The molecule has 0 aliphatic heterocycles. The smallest absolute Gasteiger partial charge is 0.166 e. The Morgan fingerprint density at radius 3 is 2.92 bits per heavy atom. The number of carbonyl (C=O) groups excluding carboxylic acids is 1. The summed E-state index contributed by atoms with van der Waals surface area (Å²) in [6.45, 7) is 0. The third-order valence-corrected chi connectivity index (χ3v) is 1.88. The molecule has 1 atom stereocenters. The van der Waals surface area contributed by atoms with Gasteiger partial charge in [0.15, 0.2) is 5.78 Å². The third-order valence-electron chi connectivity index (χ3n) is 1.65. The van der Waals surface area contributed by atoms with Crippen LogP contribution in [0.1, 0.15) is 6.42 Å². The maximum absolute atomic E-state index is 11.2. The quantitative estimate of drug-likeness (QED) is 0.405. The van der Waals surface area contributed by atoms with Gasteiger partial charge < -0.3 is 10.3 Å². The van der Waals surface area contributed by atoms with Crippen LogP contribution in [0.2, 0.25) is 0 Å². The molecule has 0 aromatic heterocycles. The number of oxime groups is 1. The number of hydrogen-bond donors (Lipinski definition) is 2. The van der Waals surface area contributed by atoms with E-state index in [1.165, 1.54) is 12.2 Å². The van der Waals surface area contributed by atoms with Crippen LogP contribution in [0.15, 0.2) is 29.1 Å². The standard InChI is InChI=1S/C8H8ClNO3/c9-8(10-13)3-5-1-2-6(11)4-7(5)12/h1-2,4-5,11,13H,3H2/b10-8-. The van der Waals surface area contributed by atoms with Crippen molar-refractivity contribution in [2.24, 2.45) is 11.1 Å². The van der Waals surface area contributed by atoms with Gasteiger partial charge >= 0.3 is 0 Å². The topological polar surface area (TPSA) is 69.9 Å². The van der Waals surface area contributed by atoms with Gasteiger partial charge in [0, 0.05) is 18.4 Å². The summed E-state index contributed by atoms with van der Waals surface area (Å²) >= 11 is 5.43. The summed E-state index contributed by atoms with van der Waals surface area (Å²) in [5.74, 6) is -0.764. The normalized spacial score (nSPS) is 23.2. The van der Waals surface area contributed by atoms with Crippen LogP contribution < -0.4 is 0 Å². The second kappa shape index (κ2) is 4.09. The average molecular weight is 202 g/mol. The number of hydrogen-bond acceptors (Lipinski definition) is 4. The van der Waals surface area contributed by atoms with Crippen LogP contribution in [0.4, 0.5) is 0 Å². The van der Waals surface area contributed by atoms with Crippen molar-refractivity contribution in [3.8, 4) is 0 Å². The highest BCUT2D eigenvalue weighted by Crippen LogP contribution is 2.16. The summed E-state index contributed by atoms with van der Waals surface area (Å²) in [6, 6.07) is 0. The zero-order chi connectivity index (χ0) is 9.84. The second-order valence-corrected chi connectivity index (χ2v) is 3.05. The lowest BCUT2D eigenvalue weighted by atomic mass is 9.96. The van der Waals surface area contributed by atoms with Crippen molar-refractivity contribution in [2.45, 2.75) is 6.42 Å². The van der Waals surface area contributed by atoms with Gasteiger partial charge in [0.05, 0.1) is 0 Å². The Kier molecular flexibility index (Phi) is 3.08. The fourth-order valence-electron chi connectivity index (χ4n) is 1.00.